The van der Waals surface area contributed by atoms with E-state index >= 15 is 0 Å². The van der Waals surface area contributed by atoms with Gasteiger partial charge in [0.15, 0.2) is 5.54 Å². The number of benzene rings is 2. The second kappa shape index (κ2) is 18.7. The Morgan fingerprint density at radius 2 is 1.06 bits per heavy atom. The molecule has 0 aliphatic carbocycles. The van der Waals surface area contributed by atoms with Crippen molar-refractivity contribution in [3.8, 4) is 0 Å². The van der Waals surface area contributed by atoms with E-state index in [4.69, 9.17) is 36.4 Å². The minimum Gasteiger partial charge on any atom is -0.480 e. The molecule has 0 saturated heterocycles. The van der Waals surface area contributed by atoms with E-state index in [1.165, 1.54) is 26.0 Å². The van der Waals surface area contributed by atoms with Crippen molar-refractivity contribution in [1.29, 1.82) is 0 Å². The van der Waals surface area contributed by atoms with E-state index in [9.17, 15) is 50.6 Å². The number of carbonyl (C=O) groups is 6. The van der Waals surface area contributed by atoms with Gasteiger partial charge in [-0.1, -0.05) is 45.9 Å². The number of halogens is 6. The molecule has 2 rings (SSSR count). The predicted octanol–water partition coefficient (Wildman–Crippen LogP) is 3.64. The van der Waals surface area contributed by atoms with Gasteiger partial charge in [-0.15, -0.1) is 0 Å². The smallest absolute Gasteiger partial charge is 0.480 e. The summed E-state index contributed by atoms with van der Waals surface area (Å²) in [6, 6.07) is 11.6. The van der Waals surface area contributed by atoms with Crippen molar-refractivity contribution in [2.45, 2.75) is 43.0 Å². The quantitative estimate of drug-likeness (QED) is 0.121. The first kappa shape index (κ1) is 43.5. The molecular formula is C26H28F6N4O10S2. The first-order valence-electron chi connectivity index (χ1n) is 12.5. The van der Waals surface area contributed by atoms with Crippen molar-refractivity contribution in [1.82, 2.24) is 0 Å². The van der Waals surface area contributed by atoms with Gasteiger partial charge in [-0.3, -0.25) is 14.4 Å². The van der Waals surface area contributed by atoms with E-state index < -0.39 is 53.1 Å². The number of nitrogens with one attached hydrogen (secondary N) is 2. The zero-order valence-electron chi connectivity index (χ0n) is 24.5. The number of amides is 2. The lowest BCUT2D eigenvalue weighted by Gasteiger charge is -2.34. The summed E-state index contributed by atoms with van der Waals surface area (Å²) in [5, 5.41) is 37.9. The van der Waals surface area contributed by atoms with Gasteiger partial charge in [0.1, 0.15) is 6.04 Å². The maximum atomic E-state index is 12.5. The van der Waals surface area contributed by atoms with Gasteiger partial charge in [-0.2, -0.15) is 26.3 Å². The van der Waals surface area contributed by atoms with Crippen LogP contribution < -0.4 is 22.1 Å². The molecular weight excluding hydrogens is 706 g/mol. The number of rotatable bonds is 11. The van der Waals surface area contributed by atoms with Crippen LogP contribution in [0.3, 0.4) is 0 Å². The van der Waals surface area contributed by atoms with Crippen LogP contribution in [0.15, 0.2) is 48.5 Å². The van der Waals surface area contributed by atoms with E-state index in [0.717, 1.165) is 21.6 Å². The number of carboxylic acids is 4. The molecule has 2 aromatic carbocycles. The molecule has 0 aromatic heterocycles. The maximum absolute atomic E-state index is 12.5. The van der Waals surface area contributed by atoms with Gasteiger partial charge >= 0.3 is 36.2 Å². The minimum absolute atomic E-state index is 0.0254. The van der Waals surface area contributed by atoms with Gasteiger partial charge in [0.05, 0.1) is 5.25 Å². The van der Waals surface area contributed by atoms with Crippen LogP contribution in [0.2, 0.25) is 0 Å². The van der Waals surface area contributed by atoms with Gasteiger partial charge in [-0.25, -0.2) is 14.4 Å². The van der Waals surface area contributed by atoms with Gasteiger partial charge in [-0.05, 0) is 35.4 Å². The maximum Gasteiger partial charge on any atom is 0.490 e. The standard InChI is InChI=1S/C22H26N4O6S2.2C2HF3O2/c1-12(27)25-16-7-3-14(4-8-16)19(34-33-11-18(23)20(29)30)22(24,21(31)32)15-5-9-17(10-6-15)26-13(2)28;2*3-2(4,5)1(6)7/h3-10,18-19H,11,23-24H2,1-2H3,(H,25,27)(H,26,28)(H,29,30)(H,31,32);2*(H,6,7). The molecule has 0 heterocycles. The van der Waals surface area contributed by atoms with Gasteiger partial charge < -0.3 is 42.5 Å². The second-order valence-electron chi connectivity index (χ2n) is 9.05. The highest BCUT2D eigenvalue weighted by Crippen LogP contribution is 2.49. The summed E-state index contributed by atoms with van der Waals surface area (Å²) in [6.07, 6.45) is -10.2. The largest absolute Gasteiger partial charge is 0.490 e. The molecule has 3 unspecified atom stereocenters. The highest BCUT2D eigenvalue weighted by Gasteiger charge is 2.46. The Bertz CT molecular complexity index is 1420. The van der Waals surface area contributed by atoms with Crippen LogP contribution in [0, 0.1) is 0 Å². The summed E-state index contributed by atoms with van der Waals surface area (Å²) in [7, 11) is 2.19. The molecule has 266 valence electrons. The van der Waals surface area contributed by atoms with Crippen molar-refractivity contribution in [3.63, 3.8) is 0 Å². The van der Waals surface area contributed by atoms with Crippen LogP contribution in [0.1, 0.15) is 30.2 Å². The zero-order chi connectivity index (χ0) is 37.6. The first-order valence-corrected chi connectivity index (χ1v) is 14.9. The predicted molar refractivity (Wildman–Crippen MR) is 161 cm³/mol. The third-order valence-electron chi connectivity index (χ3n) is 5.20. The monoisotopic (exact) mass is 734 g/mol. The topological polar surface area (TPSA) is 259 Å². The first-order chi connectivity index (χ1) is 21.8. The van der Waals surface area contributed by atoms with Crippen LogP contribution in [-0.2, 0) is 34.3 Å². The van der Waals surface area contributed by atoms with Crippen LogP contribution in [0.4, 0.5) is 37.7 Å². The molecule has 22 heteroatoms. The van der Waals surface area contributed by atoms with Crippen molar-refractivity contribution >= 4 is 68.7 Å². The molecule has 2 aromatic rings. The fourth-order valence-electron chi connectivity index (χ4n) is 3.01. The second-order valence-corrected chi connectivity index (χ2v) is 11.6. The summed E-state index contributed by atoms with van der Waals surface area (Å²) in [5.74, 6) is -8.49. The Labute approximate surface area is 274 Å². The van der Waals surface area contributed by atoms with Gasteiger partial charge in [0.2, 0.25) is 11.8 Å². The van der Waals surface area contributed by atoms with E-state index in [1.54, 1.807) is 36.4 Å². The van der Waals surface area contributed by atoms with Crippen molar-refractivity contribution in [2.75, 3.05) is 16.4 Å². The average Bonchev–Trinajstić information content (AvgIpc) is 2.94. The third-order valence-corrected chi connectivity index (χ3v) is 8.06. The van der Waals surface area contributed by atoms with Crippen molar-refractivity contribution < 1.29 is 75.5 Å². The molecule has 10 N–H and O–H groups in total. The number of hydrogen-bond donors (Lipinski definition) is 8. The Balaban J connectivity index is 0.00000131. The summed E-state index contributed by atoms with van der Waals surface area (Å²) in [6.45, 7) is 2.73. The van der Waals surface area contributed by atoms with Crippen LogP contribution in [0.5, 0.6) is 0 Å². The molecule has 0 aliphatic rings. The molecule has 2 amide bonds. The molecule has 48 heavy (non-hydrogen) atoms. The lowest BCUT2D eigenvalue weighted by atomic mass is 9.84. The van der Waals surface area contributed by atoms with E-state index in [-0.39, 0.29) is 23.1 Å². The zero-order valence-corrected chi connectivity index (χ0v) is 26.1. The molecule has 0 radical (unpaired) electrons. The molecule has 3 atom stereocenters. The normalized spacial score (nSPS) is 13.5. The number of anilines is 2. The van der Waals surface area contributed by atoms with Gasteiger partial charge in [0, 0.05) is 31.0 Å². The highest BCUT2D eigenvalue weighted by atomic mass is 33.1. The molecule has 0 saturated carbocycles. The van der Waals surface area contributed by atoms with Crippen LogP contribution >= 0.6 is 21.6 Å². The van der Waals surface area contributed by atoms with Gasteiger partial charge in [0.25, 0.3) is 0 Å². The lowest BCUT2D eigenvalue weighted by Crippen LogP contribution is -2.49. The van der Waals surface area contributed by atoms with Crippen LogP contribution in [0.25, 0.3) is 0 Å². The highest BCUT2D eigenvalue weighted by molar-refractivity contribution is 8.76. The van der Waals surface area contributed by atoms with Crippen LogP contribution in [-0.4, -0.2) is 80.3 Å². The molecule has 0 spiro atoms. The summed E-state index contributed by atoms with van der Waals surface area (Å²) in [4.78, 5) is 64.0. The molecule has 0 aliphatic heterocycles. The molecule has 0 fully saturated rings. The third kappa shape index (κ3) is 14.9. The number of carboxylic acid groups (broad SMARTS) is 4. The Kier molecular flexibility index (Phi) is 16.9. The Morgan fingerprint density at radius 1 is 0.708 bits per heavy atom. The number of alkyl halides is 6. The molecule has 0 bridgehead atoms. The average molecular weight is 735 g/mol. The summed E-state index contributed by atoms with van der Waals surface area (Å²) >= 11 is 0. The number of nitrogens with two attached hydrogens (primary N) is 2. The lowest BCUT2D eigenvalue weighted by molar-refractivity contribution is -0.193. The number of hydrogen-bond acceptors (Lipinski definition) is 10. The molecule has 14 nitrogen and oxygen atoms in total. The number of carbonyl (C=O) groups excluding carboxylic acids is 2. The number of aliphatic carboxylic acids is 4. The summed E-state index contributed by atoms with van der Waals surface area (Å²) < 4.78 is 63.5. The Hall–Kier alpha value is -4.54. The van der Waals surface area contributed by atoms with E-state index in [1.807, 2.05) is 0 Å². The Morgan fingerprint density at radius 3 is 1.35 bits per heavy atom. The van der Waals surface area contributed by atoms with Crippen molar-refractivity contribution in [2.24, 2.45) is 11.5 Å². The fraction of sp³-hybridized carbons (Fsp3) is 0.308. The minimum atomic E-state index is -5.08. The van der Waals surface area contributed by atoms with E-state index in [2.05, 4.69) is 10.6 Å². The van der Waals surface area contributed by atoms with Crippen molar-refractivity contribution in [3.05, 3.63) is 59.7 Å². The summed E-state index contributed by atoms with van der Waals surface area (Å²) in [5.41, 5.74) is 12.0. The van der Waals surface area contributed by atoms with E-state index in [0.29, 0.717) is 16.9 Å². The SMILES string of the molecule is CC(=O)Nc1ccc(C(SSCC(N)C(=O)O)C(N)(C(=O)O)c2ccc(NC(C)=O)cc2)cc1.O=C(O)C(F)(F)F.O=C(O)C(F)(F)F. The fourth-order valence-corrected chi connectivity index (χ4v) is 6.04.